The van der Waals surface area contributed by atoms with Gasteiger partial charge in [0, 0.05) is 38.1 Å². The molecule has 0 spiro atoms. The second kappa shape index (κ2) is 6.97. The highest BCUT2D eigenvalue weighted by molar-refractivity contribution is 5.76. The smallest absolute Gasteiger partial charge is 0.223 e. The van der Waals surface area contributed by atoms with Crippen molar-refractivity contribution in [2.24, 2.45) is 0 Å². The summed E-state index contributed by atoms with van der Waals surface area (Å²) >= 11 is 0. The third-order valence-electron chi connectivity index (χ3n) is 3.37. The summed E-state index contributed by atoms with van der Waals surface area (Å²) in [4.78, 5) is 16.3. The number of amides is 1. The van der Waals surface area contributed by atoms with E-state index in [0.717, 1.165) is 26.1 Å². The average Bonchev–Trinajstić information content (AvgIpc) is 2.28. The van der Waals surface area contributed by atoms with Crippen LogP contribution in [0.15, 0.2) is 0 Å². The number of piperidine rings is 1. The Bertz CT molecular complexity index is 241. The number of likely N-dealkylation sites (N-methyl/N-ethyl adjacent to an activating group) is 1. The summed E-state index contributed by atoms with van der Waals surface area (Å²) in [5.74, 6) is 0.296. The quantitative estimate of drug-likeness (QED) is 0.778. The fourth-order valence-electron chi connectivity index (χ4n) is 2.23. The number of carbonyl (C=O) groups is 1. The monoisotopic (exact) mass is 241 g/mol. The highest BCUT2D eigenvalue weighted by atomic mass is 16.2. The lowest BCUT2D eigenvalue weighted by Gasteiger charge is -2.36. The summed E-state index contributed by atoms with van der Waals surface area (Å²) < 4.78 is 0. The highest BCUT2D eigenvalue weighted by Crippen LogP contribution is 2.14. The summed E-state index contributed by atoms with van der Waals surface area (Å²) in [6.45, 7) is 6.83. The van der Waals surface area contributed by atoms with E-state index in [1.807, 2.05) is 4.90 Å². The largest absolute Gasteiger partial charge is 0.341 e. The van der Waals surface area contributed by atoms with Crippen LogP contribution in [-0.2, 0) is 4.79 Å². The van der Waals surface area contributed by atoms with Gasteiger partial charge in [-0.2, -0.15) is 0 Å². The Hall–Kier alpha value is -0.610. The van der Waals surface area contributed by atoms with Crippen molar-refractivity contribution in [3.05, 3.63) is 0 Å². The van der Waals surface area contributed by atoms with Crippen LogP contribution in [0.4, 0.5) is 0 Å². The fraction of sp³-hybridized carbons (Fsp3) is 0.923. The van der Waals surface area contributed by atoms with Crippen molar-refractivity contribution < 1.29 is 4.79 Å². The molecule has 1 fully saturated rings. The first-order valence-corrected chi connectivity index (χ1v) is 6.68. The Morgan fingerprint density at radius 3 is 2.76 bits per heavy atom. The number of nitrogens with one attached hydrogen (secondary N) is 1. The molecule has 0 saturated carbocycles. The summed E-state index contributed by atoms with van der Waals surface area (Å²) in [5, 5.41) is 3.29. The van der Waals surface area contributed by atoms with Crippen molar-refractivity contribution in [3.8, 4) is 0 Å². The first-order valence-electron chi connectivity index (χ1n) is 6.68. The van der Waals surface area contributed by atoms with Crippen molar-refractivity contribution in [1.82, 2.24) is 15.1 Å². The zero-order valence-electron chi connectivity index (χ0n) is 11.7. The van der Waals surface area contributed by atoms with Gasteiger partial charge >= 0.3 is 0 Å². The minimum Gasteiger partial charge on any atom is -0.341 e. The van der Waals surface area contributed by atoms with Crippen LogP contribution in [0.2, 0.25) is 0 Å². The van der Waals surface area contributed by atoms with Gasteiger partial charge in [0.15, 0.2) is 0 Å². The standard InChI is InChI=1S/C13H27N3O/c1-11(2)14-8-7-13(17)16-9-5-6-12(10-16)15(3)4/h11-12,14H,5-10H2,1-4H3. The van der Waals surface area contributed by atoms with Crippen LogP contribution in [-0.4, -0.2) is 61.5 Å². The molecule has 1 aliphatic rings. The SMILES string of the molecule is CC(C)NCCC(=O)N1CCCC(N(C)C)C1. The number of hydrogen-bond donors (Lipinski definition) is 1. The molecule has 0 radical (unpaired) electrons. The van der Waals surface area contributed by atoms with Crippen LogP contribution in [0.5, 0.6) is 0 Å². The lowest BCUT2D eigenvalue weighted by Crippen LogP contribution is -2.48. The topological polar surface area (TPSA) is 35.6 Å². The number of nitrogens with zero attached hydrogens (tertiary/aromatic N) is 2. The Balaban J connectivity index is 2.31. The molecule has 1 atom stereocenters. The van der Waals surface area contributed by atoms with E-state index >= 15 is 0 Å². The summed E-state index contributed by atoms with van der Waals surface area (Å²) in [6, 6.07) is 0.990. The molecule has 0 bridgehead atoms. The van der Waals surface area contributed by atoms with Crippen molar-refractivity contribution in [2.75, 3.05) is 33.7 Å². The number of rotatable bonds is 5. The second-order valence-corrected chi connectivity index (χ2v) is 5.46. The molecule has 0 aromatic rings. The highest BCUT2D eigenvalue weighted by Gasteiger charge is 2.24. The Labute approximate surface area is 105 Å². The Morgan fingerprint density at radius 1 is 1.47 bits per heavy atom. The van der Waals surface area contributed by atoms with Crippen molar-refractivity contribution in [3.63, 3.8) is 0 Å². The molecule has 0 aliphatic carbocycles. The van der Waals surface area contributed by atoms with Crippen LogP contribution in [0, 0.1) is 0 Å². The third-order valence-corrected chi connectivity index (χ3v) is 3.37. The van der Waals surface area contributed by atoms with Crippen LogP contribution in [0.3, 0.4) is 0 Å². The van der Waals surface area contributed by atoms with Gasteiger partial charge in [0.25, 0.3) is 0 Å². The van der Waals surface area contributed by atoms with E-state index in [1.54, 1.807) is 0 Å². The maximum absolute atomic E-state index is 12.0. The lowest BCUT2D eigenvalue weighted by molar-refractivity contribution is -0.133. The van der Waals surface area contributed by atoms with Crippen molar-refractivity contribution >= 4 is 5.91 Å². The summed E-state index contributed by atoms with van der Waals surface area (Å²) in [7, 11) is 4.19. The van der Waals surface area contributed by atoms with Crippen LogP contribution in [0.1, 0.15) is 33.1 Å². The van der Waals surface area contributed by atoms with Gasteiger partial charge in [-0.3, -0.25) is 4.79 Å². The van der Waals surface area contributed by atoms with Gasteiger partial charge in [-0.15, -0.1) is 0 Å². The van der Waals surface area contributed by atoms with Crippen LogP contribution >= 0.6 is 0 Å². The van der Waals surface area contributed by atoms with E-state index in [4.69, 9.17) is 0 Å². The zero-order chi connectivity index (χ0) is 12.8. The molecule has 1 amide bonds. The van der Waals surface area contributed by atoms with Gasteiger partial charge in [0.2, 0.25) is 5.91 Å². The molecule has 1 aliphatic heterocycles. The van der Waals surface area contributed by atoms with E-state index in [9.17, 15) is 4.79 Å². The number of carbonyl (C=O) groups excluding carboxylic acids is 1. The second-order valence-electron chi connectivity index (χ2n) is 5.46. The molecule has 100 valence electrons. The summed E-state index contributed by atoms with van der Waals surface area (Å²) in [6.07, 6.45) is 2.96. The first-order chi connectivity index (χ1) is 8.00. The van der Waals surface area contributed by atoms with Gasteiger partial charge in [-0.05, 0) is 26.9 Å². The molecule has 0 aromatic heterocycles. The molecule has 1 heterocycles. The molecular formula is C13H27N3O. The predicted molar refractivity (Wildman–Crippen MR) is 71.0 cm³/mol. The van der Waals surface area contributed by atoms with Gasteiger partial charge in [0.05, 0.1) is 0 Å². The Morgan fingerprint density at radius 2 is 2.18 bits per heavy atom. The molecule has 1 saturated heterocycles. The van der Waals surface area contributed by atoms with E-state index < -0.39 is 0 Å². The third kappa shape index (κ3) is 5.04. The molecule has 1 unspecified atom stereocenters. The number of likely N-dealkylation sites (tertiary alicyclic amines) is 1. The number of hydrogen-bond acceptors (Lipinski definition) is 3. The molecule has 4 nitrogen and oxygen atoms in total. The minimum absolute atomic E-state index is 0.296. The van der Waals surface area contributed by atoms with E-state index in [0.29, 0.717) is 24.4 Å². The molecule has 1 rings (SSSR count). The maximum atomic E-state index is 12.0. The molecular weight excluding hydrogens is 214 g/mol. The minimum atomic E-state index is 0.296. The molecule has 4 heteroatoms. The first kappa shape index (κ1) is 14.5. The molecule has 0 aromatic carbocycles. The van der Waals surface area contributed by atoms with Gasteiger partial charge in [-0.25, -0.2) is 0 Å². The van der Waals surface area contributed by atoms with E-state index in [2.05, 4.69) is 38.2 Å². The van der Waals surface area contributed by atoms with Crippen LogP contribution in [0.25, 0.3) is 0 Å². The van der Waals surface area contributed by atoms with Crippen LogP contribution < -0.4 is 5.32 Å². The normalized spacial score (nSPS) is 21.3. The fourth-order valence-corrected chi connectivity index (χ4v) is 2.23. The Kier molecular flexibility index (Phi) is 5.92. The van der Waals surface area contributed by atoms with Crippen molar-refractivity contribution in [2.45, 2.75) is 45.2 Å². The van der Waals surface area contributed by atoms with E-state index in [1.165, 1.54) is 6.42 Å². The van der Waals surface area contributed by atoms with Gasteiger partial charge in [0.1, 0.15) is 0 Å². The zero-order valence-corrected chi connectivity index (χ0v) is 11.7. The van der Waals surface area contributed by atoms with Gasteiger partial charge in [-0.1, -0.05) is 13.8 Å². The van der Waals surface area contributed by atoms with Gasteiger partial charge < -0.3 is 15.1 Å². The average molecular weight is 241 g/mol. The van der Waals surface area contributed by atoms with Crippen molar-refractivity contribution in [1.29, 1.82) is 0 Å². The van der Waals surface area contributed by atoms with E-state index in [-0.39, 0.29) is 0 Å². The summed E-state index contributed by atoms with van der Waals surface area (Å²) in [5.41, 5.74) is 0. The maximum Gasteiger partial charge on any atom is 0.223 e. The molecule has 1 N–H and O–H groups in total. The predicted octanol–water partition coefficient (Wildman–Crippen LogP) is 0.927. The lowest BCUT2D eigenvalue weighted by atomic mass is 10.0. The molecule has 17 heavy (non-hydrogen) atoms.